The Morgan fingerprint density at radius 2 is 1.62 bits per heavy atom. The van der Waals surface area contributed by atoms with E-state index in [9.17, 15) is 0 Å². The molecule has 2 aromatic heterocycles. The van der Waals surface area contributed by atoms with Crippen LogP contribution in [0.5, 0.6) is 5.75 Å². The van der Waals surface area contributed by atoms with Gasteiger partial charge in [-0.05, 0) is 88.9 Å². The van der Waals surface area contributed by atoms with E-state index in [1.165, 1.54) is 6.07 Å². The maximum absolute atomic E-state index is 15.5. The van der Waals surface area contributed by atoms with Gasteiger partial charge in [-0.25, -0.2) is 19.0 Å². The number of rotatable bonds is 9. The average Bonchev–Trinajstić information content (AvgIpc) is 3.12. The van der Waals surface area contributed by atoms with Crippen molar-refractivity contribution in [3.8, 4) is 17.1 Å². The van der Waals surface area contributed by atoms with Crippen molar-refractivity contribution < 1.29 is 13.2 Å². The number of aromatic nitrogens is 4. The zero-order valence-corrected chi connectivity index (χ0v) is 30.4. The molecule has 2 heterocycles. The highest BCUT2D eigenvalue weighted by Gasteiger charge is 2.40. The lowest BCUT2D eigenvalue weighted by Crippen LogP contribution is -2.44. The van der Waals surface area contributed by atoms with Gasteiger partial charge in [0, 0.05) is 18.7 Å². The summed E-state index contributed by atoms with van der Waals surface area (Å²) in [4.78, 5) is 9.50. The summed E-state index contributed by atoms with van der Waals surface area (Å²) >= 11 is 2.18. The summed E-state index contributed by atoms with van der Waals surface area (Å²) in [5.74, 6) is 0.811. The summed E-state index contributed by atoms with van der Waals surface area (Å²) in [6.07, 6.45) is 0.670. The fourth-order valence-corrected chi connectivity index (χ4v) is 6.74. The molecule has 11 heteroatoms. The summed E-state index contributed by atoms with van der Waals surface area (Å²) in [5.41, 5.74) is 8.63. The minimum Gasteiger partial charge on any atom is -0.542 e. The van der Waals surface area contributed by atoms with E-state index in [0.717, 1.165) is 14.7 Å². The van der Waals surface area contributed by atoms with Crippen LogP contribution >= 0.6 is 22.6 Å². The molecule has 0 bridgehead atoms. The summed E-state index contributed by atoms with van der Waals surface area (Å²) < 4.78 is 30.9. The second-order valence-corrected chi connectivity index (χ2v) is 24.5. The fourth-order valence-electron chi connectivity index (χ4n) is 3.82. The van der Waals surface area contributed by atoms with E-state index in [-0.39, 0.29) is 21.7 Å². The van der Waals surface area contributed by atoms with Crippen molar-refractivity contribution in [2.75, 3.05) is 12.3 Å². The third-order valence-corrected chi connectivity index (χ3v) is 18.1. The first-order valence-corrected chi connectivity index (χ1v) is 20.9. The molecule has 0 aliphatic carbocycles. The predicted octanol–water partition coefficient (Wildman–Crippen LogP) is 8.42. The number of fused-ring (bicyclic) bond motifs is 1. The van der Waals surface area contributed by atoms with Crippen molar-refractivity contribution in [2.45, 2.75) is 105 Å². The highest BCUT2D eigenvalue weighted by Crippen LogP contribution is 2.40. The lowest BCUT2D eigenvalue weighted by molar-refractivity contribution is 0.221. The Morgan fingerprint density at radius 3 is 2.17 bits per heavy atom. The van der Waals surface area contributed by atoms with Crippen LogP contribution in [0.1, 0.15) is 61.0 Å². The van der Waals surface area contributed by atoms with Crippen LogP contribution in [0.4, 0.5) is 10.2 Å². The van der Waals surface area contributed by atoms with Crippen molar-refractivity contribution in [3.63, 3.8) is 0 Å². The van der Waals surface area contributed by atoms with E-state index in [2.05, 4.69) is 102 Å². The third-order valence-electron chi connectivity index (χ3n) is 8.55. The molecular weight excluding hydrogens is 652 g/mol. The first-order chi connectivity index (χ1) is 18.2. The quantitative estimate of drug-likeness (QED) is 0.178. The third kappa shape index (κ3) is 6.89. The van der Waals surface area contributed by atoms with Crippen molar-refractivity contribution in [1.82, 2.24) is 19.7 Å². The maximum atomic E-state index is 15.5. The predicted molar refractivity (Wildman–Crippen MR) is 177 cm³/mol. The minimum atomic E-state index is -2.22. The van der Waals surface area contributed by atoms with Gasteiger partial charge in [-0.1, -0.05) is 55.4 Å². The Balaban J connectivity index is 2.00. The molecule has 0 radical (unpaired) electrons. The molecule has 1 atom stereocenters. The van der Waals surface area contributed by atoms with E-state index < -0.39 is 22.5 Å². The van der Waals surface area contributed by atoms with Gasteiger partial charge < -0.3 is 14.6 Å². The Bertz CT molecular complexity index is 1380. The first kappa shape index (κ1) is 32.9. The molecule has 0 spiro atoms. The van der Waals surface area contributed by atoms with Gasteiger partial charge >= 0.3 is 0 Å². The second kappa shape index (κ2) is 11.6. The van der Waals surface area contributed by atoms with E-state index in [4.69, 9.17) is 24.7 Å². The largest absolute Gasteiger partial charge is 0.542 e. The molecule has 40 heavy (non-hydrogen) atoms. The van der Waals surface area contributed by atoms with Gasteiger partial charge in [0.15, 0.2) is 25.6 Å². The minimum absolute atomic E-state index is 0.0461. The smallest absolute Gasteiger partial charge is 0.250 e. The van der Waals surface area contributed by atoms with Crippen LogP contribution in [0.3, 0.4) is 0 Å². The molecule has 2 N–H and O–H groups in total. The van der Waals surface area contributed by atoms with Gasteiger partial charge in [0.25, 0.3) is 8.32 Å². The molecule has 0 aliphatic rings. The van der Waals surface area contributed by atoms with Gasteiger partial charge in [-0.3, -0.25) is 0 Å². The molecule has 0 fully saturated rings. The van der Waals surface area contributed by atoms with Crippen LogP contribution < -0.4 is 10.2 Å². The van der Waals surface area contributed by atoms with Crippen molar-refractivity contribution in [1.29, 1.82) is 0 Å². The normalized spacial score (nSPS) is 14.2. The Morgan fingerprint density at radius 1 is 1.02 bits per heavy atom. The van der Waals surface area contributed by atoms with Crippen LogP contribution in [0, 0.1) is 15.4 Å². The number of halogens is 2. The molecule has 1 unspecified atom stereocenters. The van der Waals surface area contributed by atoms with Crippen LogP contribution in [0.2, 0.25) is 36.3 Å². The topological polar surface area (TPSA) is 88.1 Å². The number of hydrogen-bond acceptors (Lipinski definition) is 6. The highest BCUT2D eigenvalue weighted by molar-refractivity contribution is 14.1. The Hall–Kier alpha value is -1.58. The monoisotopic (exact) mass is 699 g/mol. The maximum Gasteiger partial charge on any atom is 0.250 e. The summed E-state index contributed by atoms with van der Waals surface area (Å²) in [7, 11) is -4.08. The van der Waals surface area contributed by atoms with Crippen LogP contribution in [-0.4, -0.2) is 43.0 Å². The zero-order chi connectivity index (χ0) is 30.4. The number of benzene rings is 1. The molecular formula is C29H47FIN5O2Si2. The van der Waals surface area contributed by atoms with Crippen molar-refractivity contribution in [2.24, 2.45) is 5.92 Å². The number of nitrogen functional groups attached to an aromatic ring is 1. The standard InChI is InChI=1S/C29H47FIN5O2Si2/c1-13-19-14-22(38-40(11,12)29(6,7)8)21(30)15-20(19)26-33-25(32)23-24(31)35-36(27(23)34-26)16-18(2)17-37-39(9,10)28(3,4)5/h14-15,18H,13,16-17H2,1-12H3,(H2,32,33,34). The fraction of sp³-hybridized carbons (Fsp3) is 0.621. The number of nitrogens with zero attached hydrogens (tertiary/aromatic N) is 4. The first-order valence-electron chi connectivity index (χ1n) is 14.0. The second-order valence-electron chi connectivity index (χ2n) is 13.9. The molecule has 0 saturated carbocycles. The van der Waals surface area contributed by atoms with Gasteiger partial charge in [0.1, 0.15) is 15.3 Å². The molecule has 222 valence electrons. The van der Waals surface area contributed by atoms with Crippen LogP contribution in [0.25, 0.3) is 22.4 Å². The summed E-state index contributed by atoms with van der Waals surface area (Å²) in [6, 6.07) is 3.29. The average molecular weight is 700 g/mol. The molecule has 3 rings (SSSR count). The van der Waals surface area contributed by atoms with Gasteiger partial charge in [0.05, 0.1) is 5.39 Å². The molecule has 1 aromatic carbocycles. The van der Waals surface area contributed by atoms with E-state index in [0.29, 0.717) is 42.4 Å². The van der Waals surface area contributed by atoms with Crippen LogP contribution in [-0.2, 0) is 17.4 Å². The lowest BCUT2D eigenvalue weighted by atomic mass is 10.0. The number of hydrogen-bond donors (Lipinski definition) is 1. The molecule has 0 amide bonds. The molecule has 0 aliphatic heterocycles. The van der Waals surface area contributed by atoms with E-state index in [1.807, 2.05) is 11.6 Å². The summed E-state index contributed by atoms with van der Waals surface area (Å²) in [5, 5.41) is 5.57. The lowest BCUT2D eigenvalue weighted by Gasteiger charge is -2.37. The zero-order valence-electron chi connectivity index (χ0n) is 26.3. The van der Waals surface area contributed by atoms with Gasteiger partial charge in [0.2, 0.25) is 0 Å². The summed E-state index contributed by atoms with van der Waals surface area (Å²) in [6.45, 7) is 27.4. The molecule has 3 aromatic rings. The number of aryl methyl sites for hydroxylation is 1. The molecule has 7 nitrogen and oxygen atoms in total. The Labute approximate surface area is 255 Å². The molecule has 0 saturated heterocycles. The highest BCUT2D eigenvalue weighted by atomic mass is 127. The van der Waals surface area contributed by atoms with Crippen molar-refractivity contribution >= 4 is 56.1 Å². The Kier molecular flexibility index (Phi) is 9.55. The van der Waals surface area contributed by atoms with E-state index in [1.54, 1.807) is 6.07 Å². The van der Waals surface area contributed by atoms with Gasteiger partial charge in [-0.15, -0.1) is 0 Å². The van der Waals surface area contributed by atoms with Crippen LogP contribution in [0.15, 0.2) is 12.1 Å². The number of nitrogens with two attached hydrogens (primary N) is 1. The SMILES string of the molecule is CCc1cc(O[Si](C)(C)C(C)(C)C)c(F)cc1-c1nc(N)c2c(I)nn(CC(C)CO[Si](C)(C)C(C)(C)C)c2n1. The van der Waals surface area contributed by atoms with Gasteiger partial charge in [-0.2, -0.15) is 5.10 Å². The van der Waals surface area contributed by atoms with E-state index >= 15 is 4.39 Å². The van der Waals surface area contributed by atoms with Crippen molar-refractivity contribution in [3.05, 3.63) is 27.2 Å². The number of anilines is 1.